The van der Waals surface area contributed by atoms with Crippen LogP contribution in [-0.2, 0) is 0 Å². The summed E-state index contributed by atoms with van der Waals surface area (Å²) in [6.45, 7) is 0. The summed E-state index contributed by atoms with van der Waals surface area (Å²) >= 11 is 0. The van der Waals surface area contributed by atoms with Crippen molar-refractivity contribution in [1.29, 1.82) is 0 Å². The molecular formula is C9H11NO2. The van der Waals surface area contributed by atoms with E-state index in [0.29, 0.717) is 5.75 Å². The molecule has 0 amide bonds. The quantitative estimate of drug-likeness (QED) is 0.286. The maximum Gasteiger partial charge on any atom is 0.185 e. The van der Waals surface area contributed by atoms with E-state index < -0.39 is 0 Å². The average molecular weight is 165 g/mol. The second-order valence-electron chi connectivity index (χ2n) is 2.42. The highest BCUT2D eigenvalue weighted by molar-refractivity contribution is 5.79. The third-order valence-corrected chi connectivity index (χ3v) is 1.46. The summed E-state index contributed by atoms with van der Waals surface area (Å²) in [4.78, 5) is 0. The zero-order valence-electron chi connectivity index (χ0n) is 7.15. The summed E-state index contributed by atoms with van der Waals surface area (Å²) < 4.78 is 5.80. The van der Waals surface area contributed by atoms with Gasteiger partial charge < -0.3 is 9.94 Å². The van der Waals surface area contributed by atoms with Crippen molar-refractivity contribution in [3.05, 3.63) is 35.0 Å². The van der Waals surface area contributed by atoms with Crippen molar-refractivity contribution in [1.82, 2.24) is 0 Å². The van der Waals surface area contributed by atoms with Crippen LogP contribution in [-0.4, -0.2) is 25.1 Å². The lowest BCUT2D eigenvalue weighted by molar-refractivity contribution is -0.416. The Labute approximate surface area is 71.5 Å². The van der Waals surface area contributed by atoms with Crippen LogP contribution in [0.15, 0.2) is 24.3 Å². The monoisotopic (exact) mass is 165 g/mol. The van der Waals surface area contributed by atoms with Crippen LogP contribution < -0.4 is 4.74 Å². The molecule has 0 radical (unpaired) electrons. The van der Waals surface area contributed by atoms with E-state index in [2.05, 4.69) is 0 Å². The number of methoxy groups -OCH3 is 1. The van der Waals surface area contributed by atoms with Crippen molar-refractivity contribution in [2.45, 2.75) is 0 Å². The van der Waals surface area contributed by atoms with Gasteiger partial charge in [-0.05, 0) is 12.1 Å². The van der Waals surface area contributed by atoms with Gasteiger partial charge in [-0.3, -0.25) is 0 Å². The number of benzene rings is 1. The molecule has 3 heteroatoms. The number of hydrogen-bond acceptors (Lipinski definition) is 2. The topological polar surface area (TPSA) is 35.3 Å². The van der Waals surface area contributed by atoms with Crippen molar-refractivity contribution < 1.29 is 9.48 Å². The molecule has 0 heterocycles. The van der Waals surface area contributed by atoms with Crippen molar-refractivity contribution >= 4 is 6.21 Å². The minimum Gasteiger partial charge on any atom is -0.624 e. The van der Waals surface area contributed by atoms with Gasteiger partial charge >= 0.3 is 0 Å². The molecule has 1 rings (SSSR count). The highest BCUT2D eigenvalue weighted by Crippen LogP contribution is 2.14. The summed E-state index contributed by atoms with van der Waals surface area (Å²) in [7, 11) is 3.02. The van der Waals surface area contributed by atoms with E-state index in [1.807, 2.05) is 24.3 Å². The van der Waals surface area contributed by atoms with E-state index in [4.69, 9.17) is 4.74 Å². The number of para-hydroxylation sites is 1. The molecule has 64 valence electrons. The van der Waals surface area contributed by atoms with Gasteiger partial charge in [0.15, 0.2) is 6.21 Å². The van der Waals surface area contributed by atoms with Gasteiger partial charge in [0.1, 0.15) is 12.8 Å². The van der Waals surface area contributed by atoms with E-state index in [0.717, 1.165) is 10.3 Å². The Balaban J connectivity index is 3.05. The Bertz CT molecular complexity index is 290. The molecule has 0 aliphatic rings. The van der Waals surface area contributed by atoms with Crippen LogP contribution in [0.25, 0.3) is 0 Å². The molecule has 0 saturated carbocycles. The average Bonchev–Trinajstić information content (AvgIpc) is 2.04. The number of hydroxylamine groups is 1. The predicted octanol–water partition coefficient (Wildman–Crippen LogP) is 1.25. The standard InChI is InChI=1S/C9H11NO2/c1-10(11)7-8-5-3-4-6-9(8)12-2/h3-7H,1-2H3/b10-7+. The molecule has 1 aromatic carbocycles. The first kappa shape index (κ1) is 8.59. The molecule has 0 unspecified atom stereocenters. The van der Waals surface area contributed by atoms with Gasteiger partial charge in [-0.1, -0.05) is 12.1 Å². The Morgan fingerprint density at radius 2 is 2.08 bits per heavy atom. The number of nitrogens with zero attached hydrogens (tertiary/aromatic N) is 1. The summed E-state index contributed by atoms with van der Waals surface area (Å²) in [6.07, 6.45) is 1.47. The molecule has 0 atom stereocenters. The predicted molar refractivity (Wildman–Crippen MR) is 47.7 cm³/mol. The Morgan fingerprint density at radius 1 is 1.42 bits per heavy atom. The highest BCUT2D eigenvalue weighted by Gasteiger charge is 1.99. The summed E-state index contributed by atoms with van der Waals surface area (Å²) in [5.41, 5.74) is 0.789. The second kappa shape index (κ2) is 3.76. The molecule has 0 spiro atoms. The fourth-order valence-electron chi connectivity index (χ4n) is 0.969. The van der Waals surface area contributed by atoms with E-state index in [1.54, 1.807) is 7.11 Å². The maximum absolute atomic E-state index is 10.7. The van der Waals surface area contributed by atoms with Crippen molar-refractivity contribution in [2.75, 3.05) is 14.2 Å². The molecule has 0 bridgehead atoms. The second-order valence-corrected chi connectivity index (χ2v) is 2.42. The highest BCUT2D eigenvalue weighted by atomic mass is 16.5. The van der Waals surface area contributed by atoms with Crippen LogP contribution in [0.3, 0.4) is 0 Å². The zero-order valence-corrected chi connectivity index (χ0v) is 7.15. The van der Waals surface area contributed by atoms with Gasteiger partial charge in [-0.2, -0.15) is 0 Å². The van der Waals surface area contributed by atoms with Crippen molar-refractivity contribution in [2.24, 2.45) is 0 Å². The number of hydrogen-bond donors (Lipinski definition) is 0. The van der Waals surface area contributed by atoms with Crippen LogP contribution in [0, 0.1) is 5.21 Å². The SMILES string of the molecule is COc1ccccc1/C=[N+](\C)[O-]. The molecule has 0 fully saturated rings. The first-order valence-electron chi connectivity index (χ1n) is 3.62. The van der Waals surface area contributed by atoms with Crippen LogP contribution >= 0.6 is 0 Å². The molecule has 0 N–H and O–H groups in total. The van der Waals surface area contributed by atoms with Crippen LogP contribution in [0.5, 0.6) is 5.75 Å². The first-order valence-corrected chi connectivity index (χ1v) is 3.62. The lowest BCUT2D eigenvalue weighted by Crippen LogP contribution is -1.99. The van der Waals surface area contributed by atoms with E-state index >= 15 is 0 Å². The Hall–Kier alpha value is -1.51. The van der Waals surface area contributed by atoms with Gasteiger partial charge in [-0.25, -0.2) is 4.74 Å². The fourth-order valence-corrected chi connectivity index (χ4v) is 0.969. The lowest BCUT2D eigenvalue weighted by atomic mass is 10.2. The smallest absolute Gasteiger partial charge is 0.185 e. The maximum atomic E-state index is 10.7. The van der Waals surface area contributed by atoms with E-state index in [1.165, 1.54) is 13.3 Å². The third kappa shape index (κ3) is 1.99. The third-order valence-electron chi connectivity index (χ3n) is 1.46. The lowest BCUT2D eigenvalue weighted by Gasteiger charge is -2.02. The molecule has 12 heavy (non-hydrogen) atoms. The van der Waals surface area contributed by atoms with E-state index in [-0.39, 0.29) is 0 Å². The molecule has 0 aromatic heterocycles. The normalized spacial score (nSPS) is 11.3. The summed E-state index contributed by atoms with van der Waals surface area (Å²) in [5.74, 6) is 0.709. The van der Waals surface area contributed by atoms with Crippen molar-refractivity contribution in [3.8, 4) is 5.75 Å². The van der Waals surface area contributed by atoms with Crippen molar-refractivity contribution in [3.63, 3.8) is 0 Å². The molecule has 3 nitrogen and oxygen atoms in total. The largest absolute Gasteiger partial charge is 0.624 e. The van der Waals surface area contributed by atoms with Gasteiger partial charge in [0, 0.05) is 0 Å². The van der Waals surface area contributed by atoms with Gasteiger partial charge in [0.25, 0.3) is 0 Å². The Morgan fingerprint density at radius 3 is 2.67 bits per heavy atom. The van der Waals surface area contributed by atoms with Crippen LogP contribution in [0.4, 0.5) is 0 Å². The van der Waals surface area contributed by atoms with Gasteiger partial charge in [-0.15, -0.1) is 0 Å². The minimum absolute atomic E-state index is 0.709. The summed E-state index contributed by atoms with van der Waals surface area (Å²) in [5, 5.41) is 10.7. The van der Waals surface area contributed by atoms with Gasteiger partial charge in [0.2, 0.25) is 0 Å². The molecule has 1 aromatic rings. The molecule has 0 aliphatic carbocycles. The summed E-state index contributed by atoms with van der Waals surface area (Å²) in [6, 6.07) is 7.36. The number of ether oxygens (including phenoxy) is 1. The minimum atomic E-state index is 0.709. The van der Waals surface area contributed by atoms with Crippen LogP contribution in [0.1, 0.15) is 5.56 Å². The first-order chi connectivity index (χ1) is 5.74. The zero-order chi connectivity index (χ0) is 8.97. The van der Waals surface area contributed by atoms with E-state index in [9.17, 15) is 5.21 Å². The molecule has 0 saturated heterocycles. The fraction of sp³-hybridized carbons (Fsp3) is 0.222. The number of rotatable bonds is 2. The van der Waals surface area contributed by atoms with Crippen LogP contribution in [0.2, 0.25) is 0 Å². The molecule has 0 aliphatic heterocycles. The molecular weight excluding hydrogens is 154 g/mol. The Kier molecular flexibility index (Phi) is 2.69. The van der Waals surface area contributed by atoms with Gasteiger partial charge in [0.05, 0.1) is 12.7 Å².